The summed E-state index contributed by atoms with van der Waals surface area (Å²) in [6, 6.07) is 17.7. The zero-order chi connectivity index (χ0) is 18.0. The fourth-order valence-electron chi connectivity index (χ4n) is 3.83. The fourth-order valence-corrected chi connectivity index (χ4v) is 3.83. The Morgan fingerprint density at radius 1 is 1.12 bits per heavy atom. The molecule has 0 bridgehead atoms. The summed E-state index contributed by atoms with van der Waals surface area (Å²) in [7, 11) is 0. The number of fused-ring (bicyclic) bond motifs is 2. The molecule has 26 heavy (non-hydrogen) atoms. The number of amides is 1. The van der Waals surface area contributed by atoms with E-state index in [4.69, 9.17) is 10.00 Å². The lowest BCUT2D eigenvalue weighted by molar-refractivity contribution is -0.133. The molecule has 4 rings (SSSR count). The average molecular weight is 344 g/mol. The highest BCUT2D eigenvalue weighted by Gasteiger charge is 2.42. The van der Waals surface area contributed by atoms with Crippen molar-refractivity contribution in [3.63, 3.8) is 0 Å². The molecule has 0 radical (unpaired) electrons. The van der Waals surface area contributed by atoms with Crippen LogP contribution in [0, 0.1) is 11.3 Å². The highest BCUT2D eigenvalue weighted by Crippen LogP contribution is 2.43. The van der Waals surface area contributed by atoms with Crippen LogP contribution in [-0.2, 0) is 21.7 Å². The first-order valence-corrected chi connectivity index (χ1v) is 8.90. The molecule has 0 aliphatic carbocycles. The van der Waals surface area contributed by atoms with Crippen molar-refractivity contribution in [3.8, 4) is 6.07 Å². The van der Waals surface area contributed by atoms with Crippen LogP contribution in [0.4, 0.5) is 0 Å². The van der Waals surface area contributed by atoms with Gasteiger partial charge in [-0.15, -0.1) is 0 Å². The number of rotatable bonds is 2. The minimum absolute atomic E-state index is 0.0236. The van der Waals surface area contributed by atoms with Gasteiger partial charge in [-0.05, 0) is 47.7 Å². The van der Waals surface area contributed by atoms with E-state index in [1.54, 1.807) is 24.3 Å². The smallest absolute Gasteiger partial charge is 0.246 e. The second-order valence-electron chi connectivity index (χ2n) is 6.83. The molecule has 4 heteroatoms. The molecule has 0 atom stereocenters. The molecule has 1 spiro atoms. The zero-order valence-electron chi connectivity index (χ0n) is 14.5. The summed E-state index contributed by atoms with van der Waals surface area (Å²) in [6.45, 7) is 2.07. The molecular formula is C22H20N2O2. The number of ether oxygens (including phenoxy) is 1. The lowest BCUT2D eigenvalue weighted by atomic mass is 9.84. The van der Waals surface area contributed by atoms with Crippen LogP contribution in [-0.4, -0.2) is 23.9 Å². The summed E-state index contributed by atoms with van der Waals surface area (Å²) >= 11 is 0. The second-order valence-corrected chi connectivity index (χ2v) is 6.83. The molecule has 0 saturated carbocycles. The van der Waals surface area contributed by atoms with Gasteiger partial charge in [-0.3, -0.25) is 4.79 Å². The van der Waals surface area contributed by atoms with Crippen molar-refractivity contribution in [2.75, 3.05) is 13.1 Å². The van der Waals surface area contributed by atoms with Gasteiger partial charge in [0.2, 0.25) is 5.91 Å². The van der Waals surface area contributed by atoms with Gasteiger partial charge in [-0.25, -0.2) is 0 Å². The first kappa shape index (κ1) is 16.6. The van der Waals surface area contributed by atoms with Crippen molar-refractivity contribution in [1.82, 2.24) is 4.90 Å². The lowest BCUT2D eigenvalue weighted by Crippen LogP contribution is -2.44. The SMILES string of the molecule is N#Cc1ccc(/C=C/C(=O)N2CCC3(CC2)OCc2ccccc23)cc1. The quantitative estimate of drug-likeness (QED) is 0.782. The van der Waals surface area contributed by atoms with Crippen LogP contribution >= 0.6 is 0 Å². The summed E-state index contributed by atoms with van der Waals surface area (Å²) in [5.74, 6) is 0.0236. The molecular weight excluding hydrogens is 324 g/mol. The van der Waals surface area contributed by atoms with Crippen LogP contribution in [0.25, 0.3) is 6.08 Å². The van der Waals surface area contributed by atoms with E-state index in [0.717, 1.165) is 18.4 Å². The van der Waals surface area contributed by atoms with Crippen LogP contribution in [0.1, 0.15) is 35.1 Å². The molecule has 2 aliphatic rings. The van der Waals surface area contributed by atoms with E-state index in [1.165, 1.54) is 11.1 Å². The molecule has 1 amide bonds. The third-order valence-electron chi connectivity index (χ3n) is 5.35. The van der Waals surface area contributed by atoms with Crippen LogP contribution < -0.4 is 0 Å². The van der Waals surface area contributed by atoms with Gasteiger partial charge in [0.25, 0.3) is 0 Å². The Kier molecular flexibility index (Phi) is 4.32. The average Bonchev–Trinajstić information content (AvgIpc) is 3.05. The molecule has 130 valence electrons. The highest BCUT2D eigenvalue weighted by molar-refractivity contribution is 5.91. The summed E-state index contributed by atoms with van der Waals surface area (Å²) in [5, 5.41) is 8.83. The van der Waals surface area contributed by atoms with Gasteiger partial charge >= 0.3 is 0 Å². The van der Waals surface area contributed by atoms with E-state index in [-0.39, 0.29) is 11.5 Å². The van der Waals surface area contributed by atoms with Crippen molar-refractivity contribution < 1.29 is 9.53 Å². The van der Waals surface area contributed by atoms with Crippen LogP contribution in [0.3, 0.4) is 0 Å². The van der Waals surface area contributed by atoms with Gasteiger partial charge in [-0.1, -0.05) is 36.4 Å². The number of likely N-dealkylation sites (tertiary alicyclic amines) is 1. The van der Waals surface area contributed by atoms with Gasteiger partial charge in [0.1, 0.15) is 0 Å². The molecule has 1 fully saturated rings. The molecule has 2 aliphatic heterocycles. The van der Waals surface area contributed by atoms with Crippen molar-refractivity contribution in [2.24, 2.45) is 0 Å². The third kappa shape index (κ3) is 3.02. The number of piperidine rings is 1. The number of nitrogens with zero attached hydrogens (tertiary/aromatic N) is 2. The van der Waals surface area contributed by atoms with E-state index < -0.39 is 0 Å². The van der Waals surface area contributed by atoms with Gasteiger partial charge in [0.05, 0.1) is 23.8 Å². The van der Waals surface area contributed by atoms with E-state index in [9.17, 15) is 4.79 Å². The summed E-state index contributed by atoms with van der Waals surface area (Å²) < 4.78 is 6.15. The number of hydrogen-bond donors (Lipinski definition) is 0. The monoisotopic (exact) mass is 344 g/mol. The number of carbonyl (C=O) groups is 1. The topological polar surface area (TPSA) is 53.3 Å². The van der Waals surface area contributed by atoms with Gasteiger partial charge < -0.3 is 9.64 Å². The summed E-state index contributed by atoms with van der Waals surface area (Å²) in [5.41, 5.74) is 3.88. The molecule has 2 heterocycles. The van der Waals surface area contributed by atoms with Crippen LogP contribution in [0.5, 0.6) is 0 Å². The third-order valence-corrected chi connectivity index (χ3v) is 5.35. The fraction of sp³-hybridized carbons (Fsp3) is 0.273. The molecule has 2 aromatic carbocycles. The Morgan fingerprint density at radius 3 is 2.58 bits per heavy atom. The molecule has 1 saturated heterocycles. The minimum atomic E-state index is -0.218. The Labute approximate surface area is 153 Å². The van der Waals surface area contributed by atoms with E-state index >= 15 is 0 Å². The second kappa shape index (κ2) is 6.78. The molecule has 4 nitrogen and oxygen atoms in total. The van der Waals surface area contributed by atoms with E-state index in [0.29, 0.717) is 25.3 Å². The van der Waals surface area contributed by atoms with Crippen molar-refractivity contribution in [1.29, 1.82) is 5.26 Å². The van der Waals surface area contributed by atoms with Gasteiger partial charge in [0, 0.05) is 19.2 Å². The van der Waals surface area contributed by atoms with Crippen molar-refractivity contribution in [2.45, 2.75) is 25.0 Å². The number of nitriles is 1. The molecule has 0 unspecified atom stereocenters. The van der Waals surface area contributed by atoms with Crippen LogP contribution in [0.15, 0.2) is 54.6 Å². The zero-order valence-corrected chi connectivity index (χ0v) is 14.5. The first-order valence-electron chi connectivity index (χ1n) is 8.90. The van der Waals surface area contributed by atoms with Crippen molar-refractivity contribution >= 4 is 12.0 Å². The lowest BCUT2D eigenvalue weighted by Gasteiger charge is -2.39. The number of benzene rings is 2. The molecule has 0 aromatic heterocycles. The van der Waals surface area contributed by atoms with E-state index in [2.05, 4.69) is 24.3 Å². The van der Waals surface area contributed by atoms with E-state index in [1.807, 2.05) is 23.1 Å². The van der Waals surface area contributed by atoms with Gasteiger partial charge in [0.15, 0.2) is 0 Å². The van der Waals surface area contributed by atoms with Crippen molar-refractivity contribution in [3.05, 3.63) is 76.9 Å². The summed E-state index contributed by atoms with van der Waals surface area (Å²) in [4.78, 5) is 14.4. The normalized spacial score (nSPS) is 18.0. The number of carbonyl (C=O) groups excluding carboxylic acids is 1. The van der Waals surface area contributed by atoms with Crippen LogP contribution in [0.2, 0.25) is 0 Å². The molecule has 0 N–H and O–H groups in total. The first-order chi connectivity index (χ1) is 12.7. The largest absolute Gasteiger partial charge is 0.365 e. The number of hydrogen-bond acceptors (Lipinski definition) is 3. The molecule has 2 aromatic rings. The Balaban J connectivity index is 1.40. The Morgan fingerprint density at radius 2 is 1.85 bits per heavy atom. The predicted octanol–water partition coefficient (Wildman–Crippen LogP) is 3.62. The highest BCUT2D eigenvalue weighted by atomic mass is 16.5. The Hall–Kier alpha value is -2.90. The standard InChI is InChI=1S/C22H20N2O2/c23-15-18-7-5-17(6-8-18)9-10-21(25)24-13-11-22(12-14-24)20-4-2-1-3-19(20)16-26-22/h1-10H,11-14,16H2/b10-9+. The Bertz CT molecular complexity index is 885. The maximum Gasteiger partial charge on any atom is 0.246 e. The minimum Gasteiger partial charge on any atom is -0.365 e. The van der Waals surface area contributed by atoms with Gasteiger partial charge in [-0.2, -0.15) is 5.26 Å². The predicted molar refractivity (Wildman–Crippen MR) is 98.9 cm³/mol. The maximum atomic E-state index is 12.5. The summed E-state index contributed by atoms with van der Waals surface area (Å²) in [6.07, 6.45) is 5.08. The maximum absolute atomic E-state index is 12.5.